The maximum atomic E-state index is 12.6. The Labute approximate surface area is 102 Å². The molecular formula is C14H18N2O. The highest BCUT2D eigenvalue weighted by molar-refractivity contribution is 6.02. The van der Waals surface area contributed by atoms with Crippen molar-refractivity contribution in [2.45, 2.75) is 32.7 Å². The first-order valence-electron chi connectivity index (χ1n) is 6.26. The largest absolute Gasteiger partial charge is 0.382 e. The first kappa shape index (κ1) is 10.6. The van der Waals surface area contributed by atoms with Gasteiger partial charge in [-0.15, -0.1) is 0 Å². The molecule has 1 aromatic carbocycles. The summed E-state index contributed by atoms with van der Waals surface area (Å²) in [7, 11) is 0. The fourth-order valence-electron chi connectivity index (χ4n) is 2.36. The van der Waals surface area contributed by atoms with E-state index < -0.39 is 0 Å². The number of benzene rings is 1. The molecule has 0 bridgehead atoms. The number of nitrogens with one attached hydrogen (secondary N) is 1. The second-order valence-electron chi connectivity index (χ2n) is 5.66. The summed E-state index contributed by atoms with van der Waals surface area (Å²) in [5.74, 6) is 0.248. The van der Waals surface area contributed by atoms with Crippen LogP contribution >= 0.6 is 0 Å². The average Bonchev–Trinajstić information content (AvgIpc) is 3.12. The zero-order chi connectivity index (χ0) is 12.0. The van der Waals surface area contributed by atoms with Gasteiger partial charge in [-0.2, -0.15) is 0 Å². The number of carbonyl (C=O) groups is 1. The lowest BCUT2D eigenvalue weighted by molar-refractivity contribution is -0.125. The number of rotatable bonds is 1. The Kier molecular flexibility index (Phi) is 2.18. The van der Waals surface area contributed by atoms with E-state index in [-0.39, 0.29) is 11.3 Å². The maximum absolute atomic E-state index is 12.6. The fraction of sp³-hybridized carbons (Fsp3) is 0.500. The number of hydrogen-bond acceptors (Lipinski definition) is 2. The van der Waals surface area contributed by atoms with Gasteiger partial charge in [0.25, 0.3) is 0 Å². The van der Waals surface area contributed by atoms with Crippen molar-refractivity contribution < 1.29 is 4.79 Å². The van der Waals surface area contributed by atoms with Crippen LogP contribution in [0.15, 0.2) is 24.3 Å². The molecule has 3 rings (SSSR count). The molecule has 2 aliphatic rings. The molecule has 1 amide bonds. The van der Waals surface area contributed by atoms with E-state index in [9.17, 15) is 4.79 Å². The molecule has 17 heavy (non-hydrogen) atoms. The third kappa shape index (κ3) is 1.70. The van der Waals surface area contributed by atoms with Crippen LogP contribution in [0.4, 0.5) is 11.4 Å². The standard InChI is InChI=1S/C14H18N2O/c1-14(2)9-15-11-5-3-4-6-12(11)16(13(14)17)10-7-8-10/h3-6,10,15H,7-9H2,1-2H3. The number of carbonyl (C=O) groups excluding carboxylic acids is 1. The summed E-state index contributed by atoms with van der Waals surface area (Å²) in [4.78, 5) is 14.6. The van der Waals surface area contributed by atoms with Gasteiger partial charge in [-0.25, -0.2) is 0 Å². The highest BCUT2D eigenvalue weighted by atomic mass is 16.2. The number of hydrogen-bond donors (Lipinski definition) is 1. The fourth-order valence-corrected chi connectivity index (χ4v) is 2.36. The van der Waals surface area contributed by atoms with Crippen LogP contribution in [0, 0.1) is 5.41 Å². The van der Waals surface area contributed by atoms with Crippen molar-refractivity contribution in [2.75, 3.05) is 16.8 Å². The highest BCUT2D eigenvalue weighted by Crippen LogP contribution is 2.41. The monoisotopic (exact) mass is 230 g/mol. The molecule has 3 nitrogen and oxygen atoms in total. The lowest BCUT2D eigenvalue weighted by Gasteiger charge is -2.28. The molecule has 1 saturated carbocycles. The van der Waals surface area contributed by atoms with Gasteiger partial charge in [-0.3, -0.25) is 4.79 Å². The lowest BCUT2D eigenvalue weighted by atomic mass is 9.92. The first-order valence-corrected chi connectivity index (χ1v) is 6.26. The zero-order valence-electron chi connectivity index (χ0n) is 10.4. The molecule has 1 aliphatic heterocycles. The molecule has 3 heteroatoms. The van der Waals surface area contributed by atoms with Crippen molar-refractivity contribution in [3.63, 3.8) is 0 Å². The molecule has 90 valence electrons. The summed E-state index contributed by atoms with van der Waals surface area (Å²) in [6.45, 7) is 4.74. The quantitative estimate of drug-likeness (QED) is 0.804. The van der Waals surface area contributed by atoms with Gasteiger partial charge in [-0.05, 0) is 38.8 Å². The second-order valence-corrected chi connectivity index (χ2v) is 5.66. The number of fused-ring (bicyclic) bond motifs is 1. The van der Waals surface area contributed by atoms with E-state index in [4.69, 9.17) is 0 Å². The van der Waals surface area contributed by atoms with Crippen LogP contribution < -0.4 is 10.2 Å². The predicted octanol–water partition coefficient (Wildman–Crippen LogP) is 2.63. The third-order valence-electron chi connectivity index (χ3n) is 3.59. The molecule has 1 fully saturated rings. The molecule has 1 aliphatic carbocycles. The summed E-state index contributed by atoms with van der Waals surface area (Å²) in [5, 5.41) is 3.40. The summed E-state index contributed by atoms with van der Waals surface area (Å²) in [6, 6.07) is 8.53. The van der Waals surface area contributed by atoms with Crippen LogP contribution in [-0.4, -0.2) is 18.5 Å². The maximum Gasteiger partial charge on any atom is 0.234 e. The molecular weight excluding hydrogens is 212 g/mol. The Hall–Kier alpha value is -1.51. The Balaban J connectivity index is 2.09. The van der Waals surface area contributed by atoms with Crippen molar-refractivity contribution in [3.05, 3.63) is 24.3 Å². The smallest absolute Gasteiger partial charge is 0.234 e. The Morgan fingerprint density at radius 1 is 1.29 bits per heavy atom. The van der Waals surface area contributed by atoms with Crippen molar-refractivity contribution in [1.82, 2.24) is 0 Å². The van der Waals surface area contributed by atoms with E-state index in [1.807, 2.05) is 36.9 Å². The summed E-state index contributed by atoms with van der Waals surface area (Å²) >= 11 is 0. The highest BCUT2D eigenvalue weighted by Gasteiger charge is 2.42. The Bertz CT molecular complexity index is 463. The molecule has 0 atom stereocenters. The number of anilines is 2. The van der Waals surface area contributed by atoms with Crippen molar-refractivity contribution >= 4 is 17.3 Å². The minimum Gasteiger partial charge on any atom is -0.382 e. The molecule has 0 aromatic heterocycles. The summed E-state index contributed by atoms with van der Waals surface area (Å²) < 4.78 is 0. The van der Waals surface area contributed by atoms with E-state index in [0.29, 0.717) is 12.6 Å². The van der Waals surface area contributed by atoms with Gasteiger partial charge in [0.05, 0.1) is 16.8 Å². The summed E-state index contributed by atoms with van der Waals surface area (Å²) in [6.07, 6.45) is 2.27. The number of para-hydroxylation sites is 2. The van der Waals surface area contributed by atoms with Gasteiger partial charge in [-0.1, -0.05) is 12.1 Å². The van der Waals surface area contributed by atoms with Crippen molar-refractivity contribution in [3.8, 4) is 0 Å². The molecule has 0 spiro atoms. The lowest BCUT2D eigenvalue weighted by Crippen LogP contribution is -2.43. The van der Waals surface area contributed by atoms with Crippen molar-refractivity contribution in [1.29, 1.82) is 0 Å². The Morgan fingerprint density at radius 3 is 2.71 bits per heavy atom. The second kappa shape index (κ2) is 3.49. The van der Waals surface area contributed by atoms with E-state index in [1.165, 1.54) is 0 Å². The SMILES string of the molecule is CC1(C)CNc2ccccc2N(C2CC2)C1=O. The zero-order valence-corrected chi connectivity index (χ0v) is 10.4. The van der Waals surface area contributed by atoms with E-state index in [1.54, 1.807) is 0 Å². The van der Waals surface area contributed by atoms with Gasteiger partial charge in [0.1, 0.15) is 0 Å². The molecule has 1 N–H and O–H groups in total. The van der Waals surface area contributed by atoms with Crippen LogP contribution in [0.1, 0.15) is 26.7 Å². The van der Waals surface area contributed by atoms with Crippen LogP contribution in [0.25, 0.3) is 0 Å². The minimum absolute atomic E-state index is 0.248. The molecule has 0 saturated heterocycles. The van der Waals surface area contributed by atoms with Gasteiger partial charge >= 0.3 is 0 Å². The number of nitrogens with zero attached hydrogens (tertiary/aromatic N) is 1. The Morgan fingerprint density at radius 2 is 2.00 bits per heavy atom. The van der Waals surface area contributed by atoms with Crippen LogP contribution in [-0.2, 0) is 4.79 Å². The first-order chi connectivity index (χ1) is 8.09. The summed E-state index contributed by atoms with van der Waals surface area (Å²) in [5.41, 5.74) is 1.80. The van der Waals surface area contributed by atoms with Crippen LogP contribution in [0.2, 0.25) is 0 Å². The topological polar surface area (TPSA) is 32.3 Å². The van der Waals surface area contributed by atoms with Crippen LogP contribution in [0.3, 0.4) is 0 Å². The predicted molar refractivity (Wildman–Crippen MR) is 69.2 cm³/mol. The van der Waals surface area contributed by atoms with Crippen LogP contribution in [0.5, 0.6) is 0 Å². The minimum atomic E-state index is -0.332. The normalized spacial score (nSPS) is 22.7. The number of amides is 1. The van der Waals surface area contributed by atoms with Gasteiger partial charge in [0.15, 0.2) is 0 Å². The van der Waals surface area contributed by atoms with Gasteiger partial charge in [0, 0.05) is 12.6 Å². The van der Waals surface area contributed by atoms with E-state index in [2.05, 4.69) is 11.4 Å². The molecule has 0 radical (unpaired) electrons. The van der Waals surface area contributed by atoms with Crippen molar-refractivity contribution in [2.24, 2.45) is 5.41 Å². The molecule has 1 aromatic rings. The van der Waals surface area contributed by atoms with Gasteiger partial charge in [0.2, 0.25) is 5.91 Å². The molecule has 1 heterocycles. The van der Waals surface area contributed by atoms with E-state index >= 15 is 0 Å². The molecule has 0 unspecified atom stereocenters. The van der Waals surface area contributed by atoms with Gasteiger partial charge < -0.3 is 10.2 Å². The average molecular weight is 230 g/mol. The third-order valence-corrected chi connectivity index (χ3v) is 3.59. The van der Waals surface area contributed by atoms with E-state index in [0.717, 1.165) is 24.2 Å².